The smallest absolute Gasteiger partial charge is 0.241 e. The summed E-state index contributed by atoms with van der Waals surface area (Å²) in [5.41, 5.74) is 0.870. The highest BCUT2D eigenvalue weighted by Crippen LogP contribution is 2.58. The van der Waals surface area contributed by atoms with Crippen LogP contribution in [0.4, 0.5) is 0 Å². The number of amides is 2. The molecular weight excluding hydrogens is 816 g/mol. The van der Waals surface area contributed by atoms with Gasteiger partial charge in [-0.3, -0.25) is 24.0 Å². The van der Waals surface area contributed by atoms with Crippen molar-refractivity contribution in [1.29, 1.82) is 0 Å². The van der Waals surface area contributed by atoms with E-state index in [0.717, 1.165) is 25.3 Å². The van der Waals surface area contributed by atoms with Crippen LogP contribution in [0, 0.1) is 17.3 Å². The van der Waals surface area contributed by atoms with Gasteiger partial charge in [-0.25, -0.2) is 18.4 Å². The molecule has 14 nitrogen and oxygen atoms in total. The molecule has 3 saturated heterocycles. The molecule has 59 heavy (non-hydrogen) atoms. The average molecular weight is 872 g/mol. The first kappa shape index (κ1) is 42.3. The summed E-state index contributed by atoms with van der Waals surface area (Å²) in [6, 6.07) is 3.69. The number of hydrogen-bond donors (Lipinski definition) is 2. The first-order chi connectivity index (χ1) is 28.2. The maximum absolute atomic E-state index is 14.6. The van der Waals surface area contributed by atoms with E-state index >= 15 is 0 Å². The Bertz CT molecular complexity index is 2210. The van der Waals surface area contributed by atoms with Crippen LogP contribution in [0.3, 0.4) is 0 Å². The molecule has 2 aliphatic carbocycles. The van der Waals surface area contributed by atoms with Crippen molar-refractivity contribution in [2.75, 3.05) is 46.0 Å². The number of fused-ring (bicyclic) bond motifs is 2. The Morgan fingerprint density at radius 3 is 2.56 bits per heavy atom. The number of halogens is 1. The third kappa shape index (κ3) is 8.46. The van der Waals surface area contributed by atoms with E-state index < -0.39 is 50.8 Å². The van der Waals surface area contributed by atoms with E-state index in [1.165, 1.54) is 11.3 Å². The number of aromatic nitrogens is 2. The van der Waals surface area contributed by atoms with E-state index in [2.05, 4.69) is 28.8 Å². The van der Waals surface area contributed by atoms with Crippen molar-refractivity contribution in [3.63, 3.8) is 0 Å². The first-order valence-corrected chi connectivity index (χ1v) is 23.8. The number of carbonyl (C=O) groups is 3. The van der Waals surface area contributed by atoms with Gasteiger partial charge in [-0.05, 0) is 49.1 Å². The summed E-state index contributed by atoms with van der Waals surface area (Å²) in [6.45, 7) is 14.7. The second-order valence-electron chi connectivity index (χ2n) is 17.4. The number of hydrogen-bond acceptors (Lipinski definition) is 13. The highest BCUT2D eigenvalue weighted by Gasteiger charge is 2.62. The Hall–Kier alpha value is -3.41. The molecule has 0 unspecified atom stereocenters. The Balaban J connectivity index is 1.10. The summed E-state index contributed by atoms with van der Waals surface area (Å²) in [6.07, 6.45) is 1.52. The Morgan fingerprint density at radius 2 is 1.90 bits per heavy atom. The van der Waals surface area contributed by atoms with Crippen molar-refractivity contribution in [1.82, 2.24) is 29.8 Å². The minimum absolute atomic E-state index is 0.0371. The van der Waals surface area contributed by atoms with Gasteiger partial charge in [-0.2, -0.15) is 0 Å². The molecule has 0 bridgehead atoms. The van der Waals surface area contributed by atoms with Crippen molar-refractivity contribution >= 4 is 61.5 Å². The zero-order valence-corrected chi connectivity index (χ0v) is 36.8. The van der Waals surface area contributed by atoms with Gasteiger partial charge in [0.05, 0.1) is 53.2 Å². The van der Waals surface area contributed by atoms with Crippen molar-refractivity contribution < 1.29 is 37.0 Å². The van der Waals surface area contributed by atoms with Crippen LogP contribution in [0.2, 0.25) is 5.02 Å². The molecule has 2 N–H and O–H groups in total. The number of nitrogens with one attached hydrogen (secondary N) is 2. The lowest BCUT2D eigenvalue weighted by Gasteiger charge is -2.40. The monoisotopic (exact) mass is 870 g/mol. The third-order valence-corrected chi connectivity index (χ3v) is 15.8. The topological polar surface area (TPSA) is 169 Å². The number of morpholine rings is 1. The maximum Gasteiger partial charge on any atom is 0.241 e. The number of rotatable bonds is 16. The lowest BCUT2D eigenvalue weighted by molar-refractivity contribution is -0.146. The first-order valence-electron chi connectivity index (χ1n) is 21.0. The van der Waals surface area contributed by atoms with Crippen LogP contribution in [0.1, 0.15) is 84.8 Å². The summed E-state index contributed by atoms with van der Waals surface area (Å²) >= 11 is 8.60. The quantitative estimate of drug-likeness (QED) is 0.194. The van der Waals surface area contributed by atoms with Crippen LogP contribution in [-0.4, -0.2) is 121 Å². The van der Waals surface area contributed by atoms with Crippen LogP contribution in [0.15, 0.2) is 23.6 Å². The Morgan fingerprint density at radius 1 is 1.14 bits per heavy atom. The summed E-state index contributed by atoms with van der Waals surface area (Å²) in [5, 5.41) is 6.56. The lowest BCUT2D eigenvalue weighted by Crippen LogP contribution is -2.64. The zero-order valence-electron chi connectivity index (χ0n) is 34.4. The largest absolute Gasteiger partial charge is 0.491 e. The van der Waals surface area contributed by atoms with Gasteiger partial charge in [0.25, 0.3) is 0 Å². The van der Waals surface area contributed by atoms with E-state index in [9.17, 15) is 22.8 Å². The van der Waals surface area contributed by atoms with Crippen LogP contribution >= 0.6 is 22.9 Å². The molecule has 3 aliphatic heterocycles. The number of thiazole rings is 1. The van der Waals surface area contributed by atoms with Gasteiger partial charge >= 0.3 is 0 Å². The number of nitrogens with zero attached hydrogens (tertiary/aromatic N) is 4. The summed E-state index contributed by atoms with van der Waals surface area (Å²) in [7, 11) is -3.80. The number of ether oxygens (including phenoxy) is 3. The number of sulfonamides is 1. The van der Waals surface area contributed by atoms with Crippen molar-refractivity contribution in [2.45, 2.75) is 109 Å². The second kappa shape index (κ2) is 16.8. The van der Waals surface area contributed by atoms with Crippen LogP contribution in [0.25, 0.3) is 21.6 Å². The highest BCUT2D eigenvalue weighted by molar-refractivity contribution is 7.90. The van der Waals surface area contributed by atoms with Gasteiger partial charge in [0, 0.05) is 55.9 Å². The molecule has 2 amide bonds. The molecule has 5 fully saturated rings. The van der Waals surface area contributed by atoms with Crippen molar-refractivity contribution in [2.24, 2.45) is 17.3 Å². The summed E-state index contributed by atoms with van der Waals surface area (Å²) in [5.74, 6) is -0.0361. The fourth-order valence-corrected chi connectivity index (χ4v) is 11.5. The lowest BCUT2D eigenvalue weighted by atomic mass is 9.90. The molecule has 1 aromatic carbocycles. The summed E-state index contributed by atoms with van der Waals surface area (Å²) < 4.78 is 46.6. The number of pyridine rings is 1. The van der Waals surface area contributed by atoms with E-state index in [4.69, 9.17) is 35.8 Å². The van der Waals surface area contributed by atoms with Gasteiger partial charge in [-0.1, -0.05) is 52.6 Å². The fraction of sp³-hybridized carbons (Fsp3) is 0.643. The third-order valence-electron chi connectivity index (χ3n) is 12.8. The van der Waals surface area contributed by atoms with Gasteiger partial charge < -0.3 is 24.4 Å². The molecular formula is C42H55ClN6O8S2. The Labute approximate surface area is 355 Å². The van der Waals surface area contributed by atoms with E-state index in [1.807, 2.05) is 44.4 Å². The molecule has 320 valence electrons. The molecule has 2 aromatic heterocycles. The molecule has 17 heteroatoms. The number of benzene rings is 1. The molecule has 3 aromatic rings. The number of Topliss-reactive ketones (excluding diaryl/α,β-unsaturated/α-hetero) is 1. The molecule has 8 rings (SSSR count). The van der Waals surface area contributed by atoms with Crippen LogP contribution in [0.5, 0.6) is 11.5 Å². The molecule has 6 atom stereocenters. The average Bonchev–Trinajstić information content (AvgIpc) is 4.10. The van der Waals surface area contributed by atoms with E-state index in [1.54, 1.807) is 4.90 Å². The minimum Gasteiger partial charge on any atom is -0.491 e. The Kier molecular flexibility index (Phi) is 12.0. The molecule has 0 spiro atoms. The standard InChI is InChI=1S/C42H55ClN6O8S2/c1-6-25-19-42(25,41(52)47-59(53,54)26-7-8-26)20-32(50)30-18-35(31-21-44-37(24(4)5)40(51)49(30)31)57-34-17-28(39-46-29(22-58-39)23(2)3)45-38-27(34)9-10-33(36(38)43)56-16-13-48-11-14-55-15-12-48/h9-10,17,22-26,30-31,35,37,44H,6-8,11-16,18-21H2,1-5H3,(H,47,52)/t25-,30+,31-,35-,37-,42-/m1/s1. The maximum atomic E-state index is 14.6. The van der Waals surface area contributed by atoms with Gasteiger partial charge in [0.15, 0.2) is 5.78 Å². The normalized spacial score (nSPS) is 27.4. The second-order valence-corrected chi connectivity index (χ2v) is 20.6. The fourth-order valence-electron chi connectivity index (χ4n) is 8.96. The number of ketones is 1. The van der Waals surface area contributed by atoms with Crippen LogP contribution in [-0.2, 0) is 29.1 Å². The number of piperazine rings is 1. The van der Waals surface area contributed by atoms with Gasteiger partial charge in [0.2, 0.25) is 21.8 Å². The van der Waals surface area contributed by atoms with Crippen LogP contribution < -0.4 is 19.5 Å². The predicted octanol–water partition coefficient (Wildman–Crippen LogP) is 5.17. The van der Waals surface area contributed by atoms with Crippen molar-refractivity contribution in [3.05, 3.63) is 34.3 Å². The minimum atomic E-state index is -3.80. The predicted molar refractivity (Wildman–Crippen MR) is 225 cm³/mol. The van der Waals surface area contributed by atoms with E-state index in [-0.39, 0.29) is 42.3 Å². The van der Waals surface area contributed by atoms with Gasteiger partial charge in [-0.15, -0.1) is 11.3 Å². The SMILES string of the molecule is CC[C@@H]1C[C@]1(CC(=O)[C@@H]1C[C@@H](Oc2cc(-c3nc(C(C)C)cs3)nc3c(Cl)c(OCCN4CCOCC4)ccc23)[C@H]2CN[C@H](C(C)C)C(=O)N21)C(=O)NS(=O)(=O)C1CC1. The highest BCUT2D eigenvalue weighted by atomic mass is 35.5. The molecule has 5 heterocycles. The van der Waals surface area contributed by atoms with Gasteiger partial charge in [0.1, 0.15) is 39.9 Å². The molecule has 2 saturated carbocycles. The van der Waals surface area contributed by atoms with E-state index in [0.29, 0.717) is 90.2 Å². The summed E-state index contributed by atoms with van der Waals surface area (Å²) in [4.78, 5) is 56.4. The molecule has 5 aliphatic rings. The number of carbonyl (C=O) groups excluding carboxylic acids is 3. The molecule has 0 radical (unpaired) electrons. The van der Waals surface area contributed by atoms with Crippen molar-refractivity contribution in [3.8, 4) is 22.2 Å². The zero-order chi connectivity index (χ0) is 41.8.